The highest BCUT2D eigenvalue weighted by molar-refractivity contribution is 8.01. The first-order chi connectivity index (χ1) is 3.93. The fourth-order valence-electron chi connectivity index (χ4n) is 0.843. The maximum absolute atomic E-state index is 5.21. The van der Waals surface area contributed by atoms with E-state index in [9.17, 15) is 0 Å². The molecule has 1 aliphatic heterocycles. The van der Waals surface area contributed by atoms with Gasteiger partial charge in [-0.15, -0.1) is 0 Å². The number of thioether (sulfide) groups is 1. The zero-order chi connectivity index (χ0) is 5.82. The summed E-state index contributed by atoms with van der Waals surface area (Å²) in [6.07, 6.45) is 6.25. The highest BCUT2D eigenvalue weighted by Gasteiger charge is 2.10. The van der Waals surface area contributed by atoms with Gasteiger partial charge in [0.05, 0.1) is 6.61 Å². The molecule has 0 saturated carbocycles. The van der Waals surface area contributed by atoms with Gasteiger partial charge in [0.1, 0.15) is 0 Å². The summed E-state index contributed by atoms with van der Waals surface area (Å²) >= 11 is 1.67. The molecule has 1 atom stereocenters. The quantitative estimate of drug-likeness (QED) is 0.535. The largest absolute Gasteiger partial charge is 0.380 e. The Morgan fingerprint density at radius 1 is 1.62 bits per heavy atom. The van der Waals surface area contributed by atoms with Gasteiger partial charge in [-0.25, -0.2) is 0 Å². The molecule has 0 aliphatic carbocycles. The van der Waals surface area contributed by atoms with Crippen LogP contribution in [0.3, 0.4) is 0 Å². The Bertz CT molecular complexity index is 59.5. The van der Waals surface area contributed by atoms with Crippen molar-refractivity contribution in [3.63, 3.8) is 0 Å². The summed E-state index contributed by atoms with van der Waals surface area (Å²) in [5.74, 6) is 0. The minimum atomic E-state index is 0.670. The predicted octanol–water partition coefficient (Wildman–Crippen LogP) is 1.69. The summed E-state index contributed by atoms with van der Waals surface area (Å²) in [7, 11) is 0. The van der Waals surface area contributed by atoms with E-state index >= 15 is 0 Å². The van der Waals surface area contributed by atoms with E-state index in [4.69, 9.17) is 4.74 Å². The Morgan fingerprint density at radius 3 is 2.88 bits per heavy atom. The zero-order valence-electron chi connectivity index (χ0n) is 4.93. The molecular formula is C6H11OS. The molecule has 2 heteroatoms. The SMILES string of the molecule is [CH2]SC1CCCOC1. The monoisotopic (exact) mass is 131 g/mol. The third-order valence-corrected chi connectivity index (χ3v) is 2.20. The number of rotatable bonds is 1. The van der Waals surface area contributed by atoms with Gasteiger partial charge in [-0.1, -0.05) is 0 Å². The third kappa shape index (κ3) is 1.67. The molecule has 0 N–H and O–H groups in total. The summed E-state index contributed by atoms with van der Waals surface area (Å²) in [6, 6.07) is 0. The second kappa shape index (κ2) is 3.36. The lowest BCUT2D eigenvalue weighted by atomic mass is 10.2. The van der Waals surface area contributed by atoms with E-state index < -0.39 is 0 Å². The molecule has 0 aromatic carbocycles. The fraction of sp³-hybridized carbons (Fsp3) is 0.833. The second-order valence-electron chi connectivity index (χ2n) is 2.01. The summed E-state index contributed by atoms with van der Waals surface area (Å²) in [5.41, 5.74) is 0. The fourth-order valence-corrected chi connectivity index (χ4v) is 1.37. The number of hydrogen-bond acceptors (Lipinski definition) is 2. The average molecular weight is 131 g/mol. The van der Waals surface area contributed by atoms with E-state index in [1.165, 1.54) is 12.8 Å². The highest BCUT2D eigenvalue weighted by atomic mass is 32.2. The Balaban J connectivity index is 2.13. The molecule has 1 rings (SSSR count). The van der Waals surface area contributed by atoms with Crippen LogP contribution in [0.25, 0.3) is 0 Å². The third-order valence-electron chi connectivity index (χ3n) is 1.35. The molecule has 47 valence electrons. The van der Waals surface area contributed by atoms with Gasteiger partial charge < -0.3 is 4.74 Å². The molecule has 0 amide bonds. The molecule has 8 heavy (non-hydrogen) atoms. The van der Waals surface area contributed by atoms with Crippen LogP contribution in [0, 0.1) is 6.26 Å². The summed E-state index contributed by atoms with van der Waals surface area (Å²) in [5, 5.41) is 0.670. The van der Waals surface area contributed by atoms with Crippen LogP contribution in [0.15, 0.2) is 0 Å². The Kier molecular flexibility index (Phi) is 2.70. The molecule has 0 aromatic heterocycles. The normalized spacial score (nSPS) is 30.4. The van der Waals surface area contributed by atoms with E-state index in [0.717, 1.165) is 13.2 Å². The van der Waals surface area contributed by atoms with Gasteiger partial charge in [-0.3, -0.25) is 0 Å². The van der Waals surface area contributed by atoms with E-state index in [1.54, 1.807) is 11.8 Å². The smallest absolute Gasteiger partial charge is 0.0585 e. The van der Waals surface area contributed by atoms with Crippen LogP contribution >= 0.6 is 11.8 Å². The molecule has 1 heterocycles. The average Bonchev–Trinajstić information content (AvgIpc) is 1.90. The molecule has 1 nitrogen and oxygen atoms in total. The van der Waals surface area contributed by atoms with Crippen LogP contribution in [0.2, 0.25) is 0 Å². The lowest BCUT2D eigenvalue weighted by Crippen LogP contribution is -2.18. The van der Waals surface area contributed by atoms with Crippen molar-refractivity contribution >= 4 is 11.8 Å². The van der Waals surface area contributed by atoms with Crippen molar-refractivity contribution < 1.29 is 4.74 Å². The highest BCUT2D eigenvalue weighted by Crippen LogP contribution is 2.18. The van der Waals surface area contributed by atoms with Crippen LogP contribution in [-0.2, 0) is 4.74 Å². The van der Waals surface area contributed by atoms with E-state index in [0.29, 0.717) is 5.25 Å². The first kappa shape index (κ1) is 6.43. The van der Waals surface area contributed by atoms with Gasteiger partial charge in [0, 0.05) is 18.1 Å². The lowest BCUT2D eigenvalue weighted by molar-refractivity contribution is 0.102. The summed E-state index contributed by atoms with van der Waals surface area (Å²) in [4.78, 5) is 0. The standard InChI is InChI=1S/C6H11OS/c1-8-6-3-2-4-7-5-6/h6H,1-5H2. The zero-order valence-corrected chi connectivity index (χ0v) is 5.75. The maximum atomic E-state index is 5.21. The molecular weight excluding hydrogens is 120 g/mol. The summed E-state index contributed by atoms with van der Waals surface area (Å²) in [6.45, 7) is 1.87. The number of ether oxygens (including phenoxy) is 1. The van der Waals surface area contributed by atoms with Crippen molar-refractivity contribution in [1.29, 1.82) is 0 Å². The van der Waals surface area contributed by atoms with Crippen LogP contribution < -0.4 is 0 Å². The van der Waals surface area contributed by atoms with Gasteiger partial charge in [0.15, 0.2) is 0 Å². The maximum Gasteiger partial charge on any atom is 0.0585 e. The van der Waals surface area contributed by atoms with Gasteiger partial charge in [0.25, 0.3) is 0 Å². The van der Waals surface area contributed by atoms with Crippen molar-refractivity contribution in [3.8, 4) is 0 Å². The van der Waals surface area contributed by atoms with Crippen molar-refractivity contribution in [2.75, 3.05) is 13.2 Å². The molecule has 1 saturated heterocycles. The topological polar surface area (TPSA) is 9.23 Å². The van der Waals surface area contributed by atoms with Gasteiger partial charge in [-0.05, 0) is 12.8 Å². The van der Waals surface area contributed by atoms with E-state index in [1.807, 2.05) is 0 Å². The van der Waals surface area contributed by atoms with Crippen molar-refractivity contribution in [2.45, 2.75) is 18.1 Å². The van der Waals surface area contributed by atoms with Crippen molar-refractivity contribution in [1.82, 2.24) is 0 Å². The van der Waals surface area contributed by atoms with Crippen LogP contribution in [0.1, 0.15) is 12.8 Å². The Labute approximate surface area is 54.8 Å². The molecule has 1 fully saturated rings. The van der Waals surface area contributed by atoms with Crippen LogP contribution in [0.4, 0.5) is 0 Å². The molecule has 1 unspecified atom stereocenters. The molecule has 1 radical (unpaired) electrons. The van der Waals surface area contributed by atoms with E-state index in [2.05, 4.69) is 6.26 Å². The van der Waals surface area contributed by atoms with E-state index in [-0.39, 0.29) is 0 Å². The summed E-state index contributed by atoms with van der Waals surface area (Å²) < 4.78 is 5.21. The molecule has 0 bridgehead atoms. The predicted molar refractivity (Wildman–Crippen MR) is 36.8 cm³/mol. The van der Waals surface area contributed by atoms with Gasteiger partial charge in [-0.2, -0.15) is 11.8 Å². The first-order valence-corrected chi connectivity index (χ1v) is 3.97. The molecule has 1 aliphatic rings. The Morgan fingerprint density at radius 2 is 2.50 bits per heavy atom. The minimum Gasteiger partial charge on any atom is -0.380 e. The van der Waals surface area contributed by atoms with Crippen LogP contribution in [0.5, 0.6) is 0 Å². The van der Waals surface area contributed by atoms with Crippen molar-refractivity contribution in [3.05, 3.63) is 6.26 Å². The van der Waals surface area contributed by atoms with Crippen LogP contribution in [-0.4, -0.2) is 18.5 Å². The van der Waals surface area contributed by atoms with Gasteiger partial charge in [0.2, 0.25) is 0 Å². The molecule has 0 aromatic rings. The second-order valence-corrected chi connectivity index (χ2v) is 3.01. The molecule has 0 spiro atoms. The van der Waals surface area contributed by atoms with Crippen molar-refractivity contribution in [2.24, 2.45) is 0 Å². The Hall–Kier alpha value is 0.310. The first-order valence-electron chi connectivity index (χ1n) is 2.92. The lowest BCUT2D eigenvalue weighted by Gasteiger charge is -2.19. The number of hydrogen-bond donors (Lipinski definition) is 0. The van der Waals surface area contributed by atoms with Gasteiger partial charge >= 0.3 is 0 Å². The minimum absolute atomic E-state index is 0.670.